The lowest BCUT2D eigenvalue weighted by Gasteiger charge is -2.27. The summed E-state index contributed by atoms with van der Waals surface area (Å²) >= 11 is 0. The second-order valence-electron chi connectivity index (χ2n) is 3.01. The van der Waals surface area contributed by atoms with Crippen molar-refractivity contribution in [3.63, 3.8) is 0 Å². The molecule has 3 nitrogen and oxygen atoms in total. The van der Waals surface area contributed by atoms with Crippen molar-refractivity contribution in [2.75, 3.05) is 0 Å². The van der Waals surface area contributed by atoms with Gasteiger partial charge in [-0.25, -0.2) is 0 Å². The molecule has 0 saturated heterocycles. The zero-order valence-electron chi connectivity index (χ0n) is 7.46. The van der Waals surface area contributed by atoms with Gasteiger partial charge in [0.05, 0.1) is 0 Å². The van der Waals surface area contributed by atoms with Crippen molar-refractivity contribution in [2.45, 2.75) is 39.8 Å². The maximum atomic E-state index is 11.0. The van der Waals surface area contributed by atoms with Crippen LogP contribution in [0.5, 0.6) is 0 Å². The van der Waals surface area contributed by atoms with Gasteiger partial charge in [-0.3, -0.25) is 4.79 Å². The van der Waals surface area contributed by atoms with E-state index in [1.807, 2.05) is 27.7 Å². The lowest BCUT2D eigenvalue weighted by atomic mass is 10.2. The van der Waals surface area contributed by atoms with Gasteiger partial charge in [-0.05, 0) is 27.7 Å². The molecule has 0 fully saturated rings. The number of rotatable bonds is 2. The molecular formula is C8H14N2O. The molecule has 0 aromatic heterocycles. The molecule has 0 unspecified atom stereocenters. The maximum Gasteiger partial charge on any atom is 0.325 e. The van der Waals surface area contributed by atoms with Gasteiger partial charge in [0.2, 0.25) is 0 Å². The summed E-state index contributed by atoms with van der Waals surface area (Å²) < 4.78 is 0. The fourth-order valence-corrected chi connectivity index (χ4v) is 1.12. The molecule has 0 aromatic rings. The minimum Gasteiger partial charge on any atom is -0.325 e. The van der Waals surface area contributed by atoms with Gasteiger partial charge < -0.3 is 4.90 Å². The fraction of sp³-hybridized carbons (Fsp3) is 0.750. The highest BCUT2D eigenvalue weighted by Gasteiger charge is 2.18. The van der Waals surface area contributed by atoms with E-state index in [1.54, 1.807) is 11.0 Å². The second kappa shape index (κ2) is 3.97. The van der Waals surface area contributed by atoms with Crippen molar-refractivity contribution >= 4 is 5.91 Å². The first-order valence-electron chi connectivity index (χ1n) is 3.73. The predicted octanol–water partition coefficient (Wildman–Crippen LogP) is 1.16. The highest BCUT2D eigenvalue weighted by atomic mass is 16.2. The maximum absolute atomic E-state index is 11.0. The summed E-state index contributed by atoms with van der Waals surface area (Å²) in [4.78, 5) is 12.5. The van der Waals surface area contributed by atoms with Crippen LogP contribution in [0.25, 0.3) is 0 Å². The van der Waals surface area contributed by atoms with Crippen LogP contribution in [0.4, 0.5) is 0 Å². The Kier molecular flexibility index (Phi) is 3.59. The Labute approximate surface area is 67.6 Å². The number of nitriles is 1. The fourth-order valence-electron chi connectivity index (χ4n) is 1.12. The van der Waals surface area contributed by atoms with E-state index in [1.165, 1.54) is 0 Å². The lowest BCUT2D eigenvalue weighted by molar-refractivity contribution is -0.128. The molecule has 1 amide bonds. The number of carbonyl (C=O) groups is 1. The van der Waals surface area contributed by atoms with Crippen molar-refractivity contribution in [1.82, 2.24) is 4.90 Å². The monoisotopic (exact) mass is 154 g/mol. The van der Waals surface area contributed by atoms with E-state index in [0.717, 1.165) is 0 Å². The van der Waals surface area contributed by atoms with Crippen LogP contribution >= 0.6 is 0 Å². The molecule has 0 aromatic carbocycles. The van der Waals surface area contributed by atoms with Crippen LogP contribution in [0.15, 0.2) is 0 Å². The third-order valence-electron chi connectivity index (χ3n) is 1.44. The third-order valence-corrected chi connectivity index (χ3v) is 1.44. The van der Waals surface area contributed by atoms with E-state index in [9.17, 15) is 4.79 Å². The van der Waals surface area contributed by atoms with Crippen LogP contribution in [-0.4, -0.2) is 22.9 Å². The third kappa shape index (κ3) is 2.58. The van der Waals surface area contributed by atoms with Crippen molar-refractivity contribution in [1.29, 1.82) is 5.26 Å². The van der Waals surface area contributed by atoms with Gasteiger partial charge in [0, 0.05) is 12.1 Å². The molecule has 0 rings (SSSR count). The van der Waals surface area contributed by atoms with E-state index in [0.29, 0.717) is 0 Å². The normalized spacial score (nSPS) is 9.91. The van der Waals surface area contributed by atoms with Gasteiger partial charge in [0.1, 0.15) is 0 Å². The number of amides is 1. The van der Waals surface area contributed by atoms with Gasteiger partial charge >= 0.3 is 5.91 Å². The summed E-state index contributed by atoms with van der Waals surface area (Å²) in [6, 6.07) is 1.81. The molecule has 0 radical (unpaired) electrons. The predicted molar refractivity (Wildman–Crippen MR) is 42.7 cm³/mol. The molecule has 0 N–H and O–H groups in total. The van der Waals surface area contributed by atoms with Gasteiger partial charge in [0.15, 0.2) is 6.07 Å². The first kappa shape index (κ1) is 9.96. The molecule has 0 aliphatic rings. The van der Waals surface area contributed by atoms with E-state index in [2.05, 4.69) is 0 Å². The van der Waals surface area contributed by atoms with Crippen molar-refractivity contribution in [3.05, 3.63) is 0 Å². The number of hydrogen-bond acceptors (Lipinski definition) is 2. The molecule has 0 saturated carbocycles. The molecule has 0 heterocycles. The first-order chi connectivity index (χ1) is 5.00. The van der Waals surface area contributed by atoms with Crippen LogP contribution < -0.4 is 0 Å². The van der Waals surface area contributed by atoms with E-state index in [4.69, 9.17) is 5.26 Å². The molecule has 0 atom stereocenters. The van der Waals surface area contributed by atoms with Crippen molar-refractivity contribution in [2.24, 2.45) is 0 Å². The Hall–Kier alpha value is -1.04. The summed E-state index contributed by atoms with van der Waals surface area (Å²) in [7, 11) is 0. The summed E-state index contributed by atoms with van der Waals surface area (Å²) in [6.07, 6.45) is 0. The molecule has 0 bridgehead atoms. The van der Waals surface area contributed by atoms with Gasteiger partial charge in [-0.1, -0.05) is 0 Å². The van der Waals surface area contributed by atoms with Crippen LogP contribution in [0, 0.1) is 11.3 Å². The minimum absolute atomic E-state index is 0.0992. The summed E-state index contributed by atoms with van der Waals surface area (Å²) in [5, 5.41) is 8.36. The van der Waals surface area contributed by atoms with E-state index < -0.39 is 5.91 Å². The highest BCUT2D eigenvalue weighted by molar-refractivity contribution is 5.91. The SMILES string of the molecule is CC(C)N(C(=O)C#N)C(C)C. The smallest absolute Gasteiger partial charge is 0.325 e. The van der Waals surface area contributed by atoms with Gasteiger partial charge in [0.25, 0.3) is 0 Å². The van der Waals surface area contributed by atoms with Crippen molar-refractivity contribution < 1.29 is 4.79 Å². The molecule has 62 valence electrons. The second-order valence-corrected chi connectivity index (χ2v) is 3.01. The van der Waals surface area contributed by atoms with Crippen molar-refractivity contribution in [3.8, 4) is 6.07 Å². The Morgan fingerprint density at radius 2 is 1.64 bits per heavy atom. The van der Waals surface area contributed by atoms with Crippen LogP contribution in [0.1, 0.15) is 27.7 Å². The Bertz CT molecular complexity index is 171. The number of hydrogen-bond donors (Lipinski definition) is 0. The van der Waals surface area contributed by atoms with Crippen LogP contribution in [0.2, 0.25) is 0 Å². The van der Waals surface area contributed by atoms with E-state index >= 15 is 0 Å². The molecular weight excluding hydrogens is 140 g/mol. The number of nitrogens with zero attached hydrogens (tertiary/aromatic N) is 2. The quantitative estimate of drug-likeness (QED) is 0.560. The Morgan fingerprint density at radius 1 is 1.27 bits per heavy atom. The molecule has 0 spiro atoms. The molecule has 0 aliphatic heterocycles. The molecule has 3 heteroatoms. The number of carbonyl (C=O) groups excluding carboxylic acids is 1. The Balaban J connectivity index is 4.37. The standard InChI is InChI=1S/C8H14N2O/c1-6(2)10(7(3)4)8(11)5-9/h6-7H,1-4H3. The largest absolute Gasteiger partial charge is 0.325 e. The van der Waals surface area contributed by atoms with Gasteiger partial charge in [-0.2, -0.15) is 5.26 Å². The summed E-state index contributed by atoms with van der Waals surface area (Å²) in [5.74, 6) is -0.449. The summed E-state index contributed by atoms with van der Waals surface area (Å²) in [5.41, 5.74) is 0. The minimum atomic E-state index is -0.449. The zero-order chi connectivity index (χ0) is 9.02. The lowest BCUT2D eigenvalue weighted by Crippen LogP contribution is -2.41. The summed E-state index contributed by atoms with van der Waals surface area (Å²) in [6.45, 7) is 7.59. The Morgan fingerprint density at radius 3 is 1.73 bits per heavy atom. The highest BCUT2D eigenvalue weighted by Crippen LogP contribution is 2.04. The van der Waals surface area contributed by atoms with E-state index in [-0.39, 0.29) is 12.1 Å². The topological polar surface area (TPSA) is 44.1 Å². The molecule has 0 aliphatic carbocycles. The van der Waals surface area contributed by atoms with Crippen LogP contribution in [0.3, 0.4) is 0 Å². The average molecular weight is 154 g/mol. The first-order valence-corrected chi connectivity index (χ1v) is 3.73. The average Bonchev–Trinajstić information content (AvgIpc) is 1.85. The molecule has 11 heavy (non-hydrogen) atoms. The zero-order valence-corrected chi connectivity index (χ0v) is 7.46. The van der Waals surface area contributed by atoms with Crippen LogP contribution in [-0.2, 0) is 4.79 Å². The van der Waals surface area contributed by atoms with Gasteiger partial charge in [-0.15, -0.1) is 0 Å².